The third kappa shape index (κ3) is 3.63. The van der Waals surface area contributed by atoms with E-state index in [4.69, 9.17) is 4.52 Å². The van der Waals surface area contributed by atoms with E-state index in [2.05, 4.69) is 29.3 Å². The van der Waals surface area contributed by atoms with Gasteiger partial charge in [0, 0.05) is 6.42 Å². The Bertz CT molecular complexity index is 305. The van der Waals surface area contributed by atoms with Crippen LogP contribution in [0.1, 0.15) is 38.4 Å². The Labute approximate surface area is 90.4 Å². The van der Waals surface area contributed by atoms with Gasteiger partial charge in [0.2, 0.25) is 5.89 Å². The lowest BCUT2D eigenvalue weighted by molar-refractivity contribution is 0.358. The van der Waals surface area contributed by atoms with Gasteiger partial charge in [-0.15, -0.1) is 0 Å². The molecule has 1 aromatic heterocycles. The molecule has 15 heavy (non-hydrogen) atoms. The standard InChI is InChI=1S/C11H19N3O/c1-8(2)6-12-7-11-13-10(14-15-11)5-9-3-4-9/h8-9,12H,3-7H2,1-2H3. The summed E-state index contributed by atoms with van der Waals surface area (Å²) in [5.74, 6) is 3.06. The van der Waals surface area contributed by atoms with E-state index in [9.17, 15) is 0 Å². The average Bonchev–Trinajstić information content (AvgIpc) is 2.86. The molecule has 1 saturated carbocycles. The highest BCUT2D eigenvalue weighted by atomic mass is 16.5. The second-order valence-electron chi connectivity index (χ2n) is 4.78. The van der Waals surface area contributed by atoms with Crippen LogP contribution in [0.2, 0.25) is 0 Å². The normalized spacial score (nSPS) is 16.2. The molecule has 84 valence electrons. The van der Waals surface area contributed by atoms with Crippen LogP contribution in [-0.4, -0.2) is 16.7 Å². The Kier molecular flexibility index (Phi) is 3.36. The second kappa shape index (κ2) is 4.75. The van der Waals surface area contributed by atoms with E-state index >= 15 is 0 Å². The van der Waals surface area contributed by atoms with E-state index < -0.39 is 0 Å². The summed E-state index contributed by atoms with van der Waals surface area (Å²) < 4.78 is 5.15. The highest BCUT2D eigenvalue weighted by Gasteiger charge is 2.23. The Morgan fingerprint density at radius 3 is 2.93 bits per heavy atom. The molecule has 4 nitrogen and oxygen atoms in total. The van der Waals surface area contributed by atoms with Crippen LogP contribution < -0.4 is 5.32 Å². The van der Waals surface area contributed by atoms with Crippen molar-refractivity contribution in [3.8, 4) is 0 Å². The Morgan fingerprint density at radius 2 is 2.27 bits per heavy atom. The molecule has 4 heteroatoms. The maximum Gasteiger partial charge on any atom is 0.240 e. The van der Waals surface area contributed by atoms with E-state index in [0.717, 1.165) is 24.7 Å². The van der Waals surface area contributed by atoms with Gasteiger partial charge in [-0.05, 0) is 31.2 Å². The van der Waals surface area contributed by atoms with Crippen LogP contribution >= 0.6 is 0 Å². The summed E-state index contributed by atoms with van der Waals surface area (Å²) in [5.41, 5.74) is 0. The number of aromatic nitrogens is 2. The van der Waals surface area contributed by atoms with E-state index in [0.29, 0.717) is 18.4 Å². The van der Waals surface area contributed by atoms with Gasteiger partial charge in [-0.3, -0.25) is 0 Å². The van der Waals surface area contributed by atoms with Gasteiger partial charge in [0.25, 0.3) is 0 Å². The van der Waals surface area contributed by atoms with E-state index in [1.165, 1.54) is 12.8 Å². The minimum absolute atomic E-state index is 0.652. The maximum atomic E-state index is 5.15. The quantitative estimate of drug-likeness (QED) is 0.775. The molecule has 1 N–H and O–H groups in total. The first-order valence-corrected chi connectivity index (χ1v) is 5.76. The number of nitrogens with one attached hydrogen (secondary N) is 1. The third-order valence-corrected chi connectivity index (χ3v) is 2.51. The summed E-state index contributed by atoms with van der Waals surface area (Å²) >= 11 is 0. The Morgan fingerprint density at radius 1 is 1.47 bits per heavy atom. The van der Waals surface area contributed by atoms with Gasteiger partial charge in [-0.1, -0.05) is 19.0 Å². The van der Waals surface area contributed by atoms with Gasteiger partial charge < -0.3 is 9.84 Å². The van der Waals surface area contributed by atoms with Crippen LogP contribution in [0, 0.1) is 11.8 Å². The minimum atomic E-state index is 0.652. The molecule has 0 atom stereocenters. The first-order chi connectivity index (χ1) is 7.24. The van der Waals surface area contributed by atoms with Crippen molar-refractivity contribution in [3.63, 3.8) is 0 Å². The van der Waals surface area contributed by atoms with Crippen molar-refractivity contribution >= 4 is 0 Å². The van der Waals surface area contributed by atoms with Crippen molar-refractivity contribution in [1.82, 2.24) is 15.5 Å². The summed E-state index contributed by atoms with van der Waals surface area (Å²) in [4.78, 5) is 4.35. The van der Waals surface area contributed by atoms with Crippen LogP contribution in [0.15, 0.2) is 4.52 Å². The first kappa shape index (κ1) is 10.6. The second-order valence-corrected chi connectivity index (χ2v) is 4.78. The monoisotopic (exact) mass is 209 g/mol. The molecule has 2 rings (SSSR count). The van der Waals surface area contributed by atoms with Crippen LogP contribution in [0.5, 0.6) is 0 Å². The molecule has 0 spiro atoms. The van der Waals surface area contributed by atoms with E-state index in [-0.39, 0.29) is 0 Å². The lowest BCUT2D eigenvalue weighted by atomic mass is 10.2. The molecule has 0 amide bonds. The van der Waals surface area contributed by atoms with Gasteiger partial charge in [0.1, 0.15) is 0 Å². The first-order valence-electron chi connectivity index (χ1n) is 5.76. The summed E-state index contributed by atoms with van der Waals surface area (Å²) in [7, 11) is 0. The fraction of sp³-hybridized carbons (Fsp3) is 0.818. The summed E-state index contributed by atoms with van der Waals surface area (Å²) in [5, 5.41) is 7.26. The molecular weight excluding hydrogens is 190 g/mol. The molecule has 1 heterocycles. The SMILES string of the molecule is CC(C)CNCc1nc(CC2CC2)no1. The number of hydrogen-bond donors (Lipinski definition) is 1. The Balaban J connectivity index is 1.73. The van der Waals surface area contributed by atoms with Crippen LogP contribution in [0.3, 0.4) is 0 Å². The lowest BCUT2D eigenvalue weighted by Gasteiger charge is -2.03. The molecule has 0 saturated heterocycles. The predicted molar refractivity (Wildman–Crippen MR) is 57.3 cm³/mol. The molecule has 1 fully saturated rings. The number of hydrogen-bond acceptors (Lipinski definition) is 4. The van der Waals surface area contributed by atoms with Crippen molar-refractivity contribution in [2.75, 3.05) is 6.54 Å². The maximum absolute atomic E-state index is 5.15. The van der Waals surface area contributed by atoms with Crippen molar-refractivity contribution in [2.24, 2.45) is 11.8 Å². The van der Waals surface area contributed by atoms with Crippen LogP contribution in [0.4, 0.5) is 0 Å². The zero-order valence-electron chi connectivity index (χ0n) is 9.49. The predicted octanol–water partition coefficient (Wildman–Crippen LogP) is 1.77. The fourth-order valence-electron chi connectivity index (χ4n) is 1.49. The zero-order valence-corrected chi connectivity index (χ0v) is 9.49. The van der Waals surface area contributed by atoms with Crippen LogP contribution in [-0.2, 0) is 13.0 Å². The van der Waals surface area contributed by atoms with Gasteiger partial charge in [-0.25, -0.2) is 0 Å². The van der Waals surface area contributed by atoms with E-state index in [1.807, 2.05) is 0 Å². The highest BCUT2D eigenvalue weighted by molar-refractivity contribution is 4.91. The molecular formula is C11H19N3O. The van der Waals surface area contributed by atoms with Crippen molar-refractivity contribution < 1.29 is 4.52 Å². The number of nitrogens with zero attached hydrogens (tertiary/aromatic N) is 2. The van der Waals surface area contributed by atoms with Crippen molar-refractivity contribution in [3.05, 3.63) is 11.7 Å². The molecule has 1 aromatic rings. The zero-order chi connectivity index (χ0) is 10.7. The fourth-order valence-corrected chi connectivity index (χ4v) is 1.49. The summed E-state index contributed by atoms with van der Waals surface area (Å²) in [6, 6.07) is 0. The highest BCUT2D eigenvalue weighted by Crippen LogP contribution is 2.31. The summed E-state index contributed by atoms with van der Waals surface area (Å²) in [6.45, 7) is 6.04. The minimum Gasteiger partial charge on any atom is -0.338 e. The number of rotatable bonds is 6. The van der Waals surface area contributed by atoms with Gasteiger partial charge >= 0.3 is 0 Å². The molecule has 0 aliphatic heterocycles. The van der Waals surface area contributed by atoms with E-state index in [1.54, 1.807) is 0 Å². The topological polar surface area (TPSA) is 51.0 Å². The van der Waals surface area contributed by atoms with Gasteiger partial charge in [0.05, 0.1) is 6.54 Å². The smallest absolute Gasteiger partial charge is 0.240 e. The van der Waals surface area contributed by atoms with Crippen molar-refractivity contribution in [1.29, 1.82) is 0 Å². The molecule has 0 aromatic carbocycles. The lowest BCUT2D eigenvalue weighted by Crippen LogP contribution is -2.19. The third-order valence-electron chi connectivity index (χ3n) is 2.51. The van der Waals surface area contributed by atoms with Gasteiger partial charge in [0.15, 0.2) is 5.82 Å². The van der Waals surface area contributed by atoms with Crippen LogP contribution in [0.25, 0.3) is 0 Å². The molecule has 1 aliphatic rings. The summed E-state index contributed by atoms with van der Waals surface area (Å²) in [6.07, 6.45) is 3.65. The van der Waals surface area contributed by atoms with Gasteiger partial charge in [-0.2, -0.15) is 4.98 Å². The molecule has 0 unspecified atom stereocenters. The average molecular weight is 209 g/mol. The molecule has 1 aliphatic carbocycles. The Hall–Kier alpha value is -0.900. The molecule has 0 radical (unpaired) electrons. The largest absolute Gasteiger partial charge is 0.338 e. The van der Waals surface area contributed by atoms with Crippen molar-refractivity contribution in [2.45, 2.75) is 39.7 Å². The molecule has 0 bridgehead atoms.